The third-order valence-electron chi connectivity index (χ3n) is 1.89. The molecule has 0 saturated carbocycles. The zero-order valence-corrected chi connectivity index (χ0v) is 9.08. The standard InChI is InChI=1S/C11H11ClN2O/c1-8(6-12)14-11(15)10-4-2-9(7-13)3-5-10/h2-5,8H,6H2,1H3,(H,14,15). The van der Waals surface area contributed by atoms with E-state index in [1.165, 1.54) is 0 Å². The van der Waals surface area contributed by atoms with Crippen LogP contribution >= 0.6 is 11.6 Å². The van der Waals surface area contributed by atoms with Gasteiger partial charge in [0.15, 0.2) is 0 Å². The van der Waals surface area contributed by atoms with Crippen molar-refractivity contribution in [2.24, 2.45) is 0 Å². The van der Waals surface area contributed by atoms with Gasteiger partial charge in [0.25, 0.3) is 5.91 Å². The van der Waals surface area contributed by atoms with Crippen molar-refractivity contribution in [1.82, 2.24) is 5.32 Å². The Bertz CT molecular complexity index is 381. The maximum absolute atomic E-state index is 11.6. The Morgan fingerprint density at radius 2 is 2.13 bits per heavy atom. The van der Waals surface area contributed by atoms with Crippen LogP contribution in [0.5, 0.6) is 0 Å². The van der Waals surface area contributed by atoms with Crippen LogP contribution in [0.3, 0.4) is 0 Å². The van der Waals surface area contributed by atoms with E-state index < -0.39 is 0 Å². The molecule has 0 spiro atoms. The molecular weight excluding hydrogens is 212 g/mol. The summed E-state index contributed by atoms with van der Waals surface area (Å²) in [7, 11) is 0. The first kappa shape index (κ1) is 11.5. The largest absolute Gasteiger partial charge is 0.348 e. The van der Waals surface area contributed by atoms with Gasteiger partial charge in [0.2, 0.25) is 0 Å². The van der Waals surface area contributed by atoms with E-state index in [1.54, 1.807) is 24.3 Å². The SMILES string of the molecule is CC(CCl)NC(=O)c1ccc(C#N)cc1. The van der Waals surface area contributed by atoms with Gasteiger partial charge in [-0.1, -0.05) is 0 Å². The van der Waals surface area contributed by atoms with Crippen molar-refractivity contribution >= 4 is 17.5 Å². The molecule has 1 unspecified atom stereocenters. The molecule has 0 radical (unpaired) electrons. The lowest BCUT2D eigenvalue weighted by Crippen LogP contribution is -2.33. The van der Waals surface area contributed by atoms with Crippen LogP contribution in [-0.2, 0) is 0 Å². The maximum atomic E-state index is 11.6. The van der Waals surface area contributed by atoms with E-state index in [-0.39, 0.29) is 11.9 Å². The summed E-state index contributed by atoms with van der Waals surface area (Å²) in [6.07, 6.45) is 0. The Labute approximate surface area is 93.7 Å². The fourth-order valence-electron chi connectivity index (χ4n) is 1.04. The minimum absolute atomic E-state index is 0.0604. The summed E-state index contributed by atoms with van der Waals surface area (Å²) in [4.78, 5) is 11.6. The fraction of sp³-hybridized carbons (Fsp3) is 0.273. The summed E-state index contributed by atoms with van der Waals surface area (Å²) in [5.74, 6) is 0.204. The summed E-state index contributed by atoms with van der Waals surface area (Å²) >= 11 is 5.57. The second kappa shape index (κ2) is 5.38. The molecule has 1 rings (SSSR count). The van der Waals surface area contributed by atoms with Crippen LogP contribution in [0.2, 0.25) is 0 Å². The monoisotopic (exact) mass is 222 g/mol. The number of rotatable bonds is 3. The zero-order chi connectivity index (χ0) is 11.3. The number of hydrogen-bond donors (Lipinski definition) is 1. The molecule has 0 aliphatic heterocycles. The Morgan fingerprint density at radius 3 is 2.60 bits per heavy atom. The Hall–Kier alpha value is -1.53. The molecule has 0 aliphatic rings. The van der Waals surface area contributed by atoms with Crippen LogP contribution < -0.4 is 5.32 Å². The average Bonchev–Trinajstić information content (AvgIpc) is 2.29. The van der Waals surface area contributed by atoms with Gasteiger partial charge in [-0.15, -0.1) is 11.6 Å². The number of carbonyl (C=O) groups excluding carboxylic acids is 1. The lowest BCUT2D eigenvalue weighted by atomic mass is 10.1. The second-order valence-corrected chi connectivity index (χ2v) is 3.53. The molecule has 78 valence electrons. The molecule has 4 heteroatoms. The molecule has 15 heavy (non-hydrogen) atoms. The summed E-state index contributed by atoms with van der Waals surface area (Å²) in [5.41, 5.74) is 1.07. The molecule has 0 aliphatic carbocycles. The Kier molecular flexibility index (Phi) is 4.14. The molecule has 0 fully saturated rings. The molecule has 1 amide bonds. The topological polar surface area (TPSA) is 52.9 Å². The number of amides is 1. The van der Waals surface area contributed by atoms with E-state index in [1.807, 2.05) is 13.0 Å². The van der Waals surface area contributed by atoms with Gasteiger partial charge in [-0.2, -0.15) is 5.26 Å². The molecule has 0 bridgehead atoms. The number of benzene rings is 1. The number of carbonyl (C=O) groups is 1. The lowest BCUT2D eigenvalue weighted by molar-refractivity contribution is 0.0943. The predicted octanol–water partition coefficient (Wildman–Crippen LogP) is 1.92. The quantitative estimate of drug-likeness (QED) is 0.795. The molecule has 1 aromatic rings. The van der Waals surface area contributed by atoms with Crippen molar-refractivity contribution in [3.63, 3.8) is 0 Å². The number of nitriles is 1. The van der Waals surface area contributed by atoms with Gasteiger partial charge in [-0.3, -0.25) is 4.79 Å². The Morgan fingerprint density at radius 1 is 1.53 bits per heavy atom. The number of halogens is 1. The van der Waals surface area contributed by atoms with Crippen LogP contribution in [-0.4, -0.2) is 17.8 Å². The van der Waals surface area contributed by atoms with Gasteiger partial charge in [0, 0.05) is 17.5 Å². The third kappa shape index (κ3) is 3.26. The van der Waals surface area contributed by atoms with Gasteiger partial charge in [-0.05, 0) is 31.2 Å². The number of alkyl halides is 1. The van der Waals surface area contributed by atoms with Crippen LogP contribution in [0.1, 0.15) is 22.8 Å². The number of nitrogens with zero attached hydrogens (tertiary/aromatic N) is 1. The predicted molar refractivity (Wildman–Crippen MR) is 58.8 cm³/mol. The lowest BCUT2D eigenvalue weighted by Gasteiger charge is -2.10. The minimum atomic E-state index is -0.173. The number of hydrogen-bond acceptors (Lipinski definition) is 2. The fourth-order valence-corrected chi connectivity index (χ4v) is 1.12. The summed E-state index contributed by atoms with van der Waals surface area (Å²) in [5, 5.41) is 11.3. The summed E-state index contributed by atoms with van der Waals surface area (Å²) < 4.78 is 0. The average molecular weight is 223 g/mol. The minimum Gasteiger partial charge on any atom is -0.348 e. The maximum Gasteiger partial charge on any atom is 0.251 e. The first-order valence-electron chi connectivity index (χ1n) is 4.54. The van der Waals surface area contributed by atoms with E-state index in [9.17, 15) is 4.79 Å². The highest BCUT2D eigenvalue weighted by Crippen LogP contribution is 2.03. The van der Waals surface area contributed by atoms with Crippen LogP contribution in [0.15, 0.2) is 24.3 Å². The van der Waals surface area contributed by atoms with E-state index in [4.69, 9.17) is 16.9 Å². The van der Waals surface area contributed by atoms with Crippen molar-refractivity contribution in [2.45, 2.75) is 13.0 Å². The van der Waals surface area contributed by atoms with Gasteiger partial charge < -0.3 is 5.32 Å². The normalized spacial score (nSPS) is 11.5. The van der Waals surface area contributed by atoms with E-state index in [0.29, 0.717) is 17.0 Å². The highest BCUT2D eigenvalue weighted by atomic mass is 35.5. The second-order valence-electron chi connectivity index (χ2n) is 3.22. The van der Waals surface area contributed by atoms with E-state index in [2.05, 4.69) is 5.32 Å². The molecule has 0 saturated heterocycles. The van der Waals surface area contributed by atoms with Gasteiger partial charge in [-0.25, -0.2) is 0 Å². The van der Waals surface area contributed by atoms with Gasteiger partial charge in [0.05, 0.1) is 11.6 Å². The smallest absolute Gasteiger partial charge is 0.251 e. The van der Waals surface area contributed by atoms with Crippen LogP contribution in [0.4, 0.5) is 0 Å². The molecule has 1 N–H and O–H groups in total. The van der Waals surface area contributed by atoms with Crippen molar-refractivity contribution in [1.29, 1.82) is 5.26 Å². The number of nitrogens with one attached hydrogen (secondary N) is 1. The highest BCUT2D eigenvalue weighted by Gasteiger charge is 2.08. The third-order valence-corrected chi connectivity index (χ3v) is 2.35. The van der Waals surface area contributed by atoms with E-state index >= 15 is 0 Å². The summed E-state index contributed by atoms with van der Waals surface area (Å²) in [6.45, 7) is 1.83. The summed E-state index contributed by atoms with van der Waals surface area (Å²) in [6, 6.07) is 8.39. The van der Waals surface area contributed by atoms with Crippen molar-refractivity contribution in [3.05, 3.63) is 35.4 Å². The first-order chi connectivity index (χ1) is 7.17. The van der Waals surface area contributed by atoms with E-state index in [0.717, 1.165) is 0 Å². The molecule has 3 nitrogen and oxygen atoms in total. The molecule has 0 heterocycles. The Balaban J connectivity index is 2.71. The van der Waals surface area contributed by atoms with Gasteiger partial charge in [0.1, 0.15) is 0 Å². The van der Waals surface area contributed by atoms with Crippen molar-refractivity contribution < 1.29 is 4.79 Å². The molecule has 0 aromatic heterocycles. The first-order valence-corrected chi connectivity index (χ1v) is 5.08. The van der Waals surface area contributed by atoms with Crippen molar-refractivity contribution in [3.8, 4) is 6.07 Å². The molecule has 1 atom stereocenters. The van der Waals surface area contributed by atoms with Crippen molar-refractivity contribution in [2.75, 3.05) is 5.88 Å². The van der Waals surface area contributed by atoms with Gasteiger partial charge >= 0.3 is 0 Å². The zero-order valence-electron chi connectivity index (χ0n) is 8.33. The van der Waals surface area contributed by atoms with Crippen LogP contribution in [0, 0.1) is 11.3 Å². The van der Waals surface area contributed by atoms with Crippen LogP contribution in [0.25, 0.3) is 0 Å². The molecular formula is C11H11ClN2O. The molecule has 1 aromatic carbocycles. The highest BCUT2D eigenvalue weighted by molar-refractivity contribution is 6.18.